The number of nitrogens with zero attached hydrogens (tertiary/aromatic N) is 2. The summed E-state index contributed by atoms with van der Waals surface area (Å²) in [5, 5.41) is 12.4. The Morgan fingerprint density at radius 1 is 0.978 bits per heavy atom. The third kappa shape index (κ3) is 11.8. The first-order valence-electron chi connectivity index (χ1n) is 15.1. The topological polar surface area (TPSA) is 90.1 Å². The van der Waals surface area contributed by atoms with Crippen molar-refractivity contribution in [2.45, 2.75) is 63.8 Å². The van der Waals surface area contributed by atoms with Gasteiger partial charge in [-0.1, -0.05) is 6.07 Å². The number of nitrogens with one attached hydrogen (secondary N) is 4. The zero-order chi connectivity index (χ0) is 32.6. The zero-order valence-electron chi connectivity index (χ0n) is 25.8. The SMILES string of the molecule is CN1CCN(CCNC(=O)c2cc(OC3CCC(NC(=S)Nc4cccc(NC(C)(C)F)c4)CC3)ccc2OC(F)(F)F)CC1. The predicted octanol–water partition coefficient (Wildman–Crippen LogP) is 5.36. The molecule has 1 heterocycles. The van der Waals surface area contributed by atoms with E-state index in [9.17, 15) is 22.4 Å². The van der Waals surface area contributed by atoms with Gasteiger partial charge in [-0.05, 0) is 95.2 Å². The summed E-state index contributed by atoms with van der Waals surface area (Å²) in [5.41, 5.74) is 1.11. The van der Waals surface area contributed by atoms with E-state index in [4.69, 9.17) is 17.0 Å². The average molecular weight is 655 g/mol. The van der Waals surface area contributed by atoms with Crippen molar-refractivity contribution < 1.29 is 31.8 Å². The lowest BCUT2D eigenvalue weighted by atomic mass is 9.93. The van der Waals surface area contributed by atoms with Crippen molar-refractivity contribution in [3.63, 3.8) is 0 Å². The number of benzene rings is 2. The highest BCUT2D eigenvalue weighted by Gasteiger charge is 2.33. The molecule has 14 heteroatoms. The highest BCUT2D eigenvalue weighted by atomic mass is 32.1. The van der Waals surface area contributed by atoms with E-state index < -0.39 is 23.8 Å². The summed E-state index contributed by atoms with van der Waals surface area (Å²) in [7, 11) is 2.05. The van der Waals surface area contributed by atoms with Crippen molar-refractivity contribution >= 4 is 34.6 Å². The van der Waals surface area contributed by atoms with Gasteiger partial charge in [-0.2, -0.15) is 0 Å². The van der Waals surface area contributed by atoms with Crippen LogP contribution in [0.3, 0.4) is 0 Å². The Morgan fingerprint density at radius 3 is 2.33 bits per heavy atom. The quantitative estimate of drug-likeness (QED) is 0.145. The molecular formula is C31H42F4N6O3S. The molecule has 1 saturated heterocycles. The van der Waals surface area contributed by atoms with Crippen LogP contribution in [0, 0.1) is 0 Å². The Bertz CT molecular complexity index is 1290. The van der Waals surface area contributed by atoms with E-state index in [0.29, 0.717) is 42.5 Å². The Balaban J connectivity index is 1.28. The predicted molar refractivity (Wildman–Crippen MR) is 171 cm³/mol. The largest absolute Gasteiger partial charge is 0.573 e. The van der Waals surface area contributed by atoms with Crippen molar-refractivity contribution in [1.82, 2.24) is 20.4 Å². The number of carbonyl (C=O) groups excluding carboxylic acids is 1. The highest BCUT2D eigenvalue weighted by Crippen LogP contribution is 2.32. The minimum Gasteiger partial charge on any atom is -0.490 e. The first-order chi connectivity index (χ1) is 21.2. The number of alkyl halides is 4. The van der Waals surface area contributed by atoms with Crippen molar-refractivity contribution in [1.29, 1.82) is 0 Å². The molecule has 0 radical (unpaired) electrons. The third-order valence-electron chi connectivity index (χ3n) is 7.61. The number of halogens is 4. The number of ether oxygens (including phenoxy) is 2. The standard InChI is InChI=1S/C31H42F4N6O3S/c1-30(2,32)39-23-6-4-5-22(19-23)38-29(45)37-21-7-9-24(10-8-21)43-25-11-12-27(44-31(33,34)35)26(20-25)28(42)36-13-14-41-17-15-40(3)16-18-41/h4-6,11-12,19-21,24,39H,7-10,13-18H2,1-3H3,(H,36,42)(H2,37,38,45). The van der Waals surface area contributed by atoms with Gasteiger partial charge < -0.3 is 35.6 Å². The van der Waals surface area contributed by atoms with Gasteiger partial charge in [0.15, 0.2) is 10.9 Å². The Morgan fingerprint density at radius 2 is 1.67 bits per heavy atom. The molecule has 4 rings (SSSR count). The number of carbonyl (C=O) groups is 1. The number of piperazine rings is 1. The third-order valence-corrected chi connectivity index (χ3v) is 7.82. The lowest BCUT2D eigenvalue weighted by Crippen LogP contribution is -2.46. The zero-order valence-corrected chi connectivity index (χ0v) is 26.6. The molecule has 4 N–H and O–H groups in total. The van der Waals surface area contributed by atoms with Crippen LogP contribution in [0.2, 0.25) is 0 Å². The van der Waals surface area contributed by atoms with E-state index in [0.717, 1.165) is 50.8 Å². The molecule has 0 atom stereocenters. The molecule has 1 aliphatic heterocycles. The second-order valence-electron chi connectivity index (χ2n) is 12.0. The Labute approximate surface area is 267 Å². The molecule has 2 aromatic carbocycles. The summed E-state index contributed by atoms with van der Waals surface area (Å²) in [5.74, 6) is -2.49. The number of rotatable bonds is 11. The average Bonchev–Trinajstić information content (AvgIpc) is 2.94. The monoisotopic (exact) mass is 654 g/mol. The van der Waals surface area contributed by atoms with Crippen LogP contribution >= 0.6 is 12.2 Å². The Kier molecular flexibility index (Phi) is 11.7. The van der Waals surface area contributed by atoms with Crippen LogP contribution < -0.4 is 30.7 Å². The number of hydrogen-bond acceptors (Lipinski definition) is 7. The van der Waals surface area contributed by atoms with Crippen LogP contribution in [0.25, 0.3) is 0 Å². The summed E-state index contributed by atoms with van der Waals surface area (Å²) >= 11 is 5.48. The van der Waals surface area contributed by atoms with Crippen molar-refractivity contribution in [2.24, 2.45) is 0 Å². The van der Waals surface area contributed by atoms with E-state index in [1.165, 1.54) is 26.0 Å². The summed E-state index contributed by atoms with van der Waals surface area (Å²) < 4.78 is 63.4. The summed E-state index contributed by atoms with van der Waals surface area (Å²) in [4.78, 5) is 17.4. The normalized spacial score (nSPS) is 19.8. The summed E-state index contributed by atoms with van der Waals surface area (Å²) in [6.45, 7) is 7.34. The van der Waals surface area contributed by atoms with E-state index in [-0.39, 0.29) is 17.7 Å². The van der Waals surface area contributed by atoms with Crippen molar-refractivity contribution in [3.8, 4) is 11.5 Å². The van der Waals surface area contributed by atoms with E-state index in [1.54, 1.807) is 18.2 Å². The van der Waals surface area contributed by atoms with Gasteiger partial charge in [0.25, 0.3) is 5.91 Å². The maximum absolute atomic E-state index is 13.9. The Hall–Kier alpha value is -3.36. The fourth-order valence-electron chi connectivity index (χ4n) is 5.36. The summed E-state index contributed by atoms with van der Waals surface area (Å²) in [6, 6.07) is 11.1. The number of likely N-dealkylation sites (N-methyl/N-ethyl adjacent to an activating group) is 1. The molecule has 0 aromatic heterocycles. The fourth-order valence-corrected chi connectivity index (χ4v) is 5.64. The lowest BCUT2D eigenvalue weighted by Gasteiger charge is -2.32. The molecule has 1 saturated carbocycles. The molecule has 1 amide bonds. The smallest absolute Gasteiger partial charge is 0.490 e. The molecule has 2 aromatic rings. The number of anilines is 2. The van der Waals surface area contributed by atoms with Gasteiger partial charge in [0.1, 0.15) is 11.5 Å². The maximum atomic E-state index is 13.9. The minimum absolute atomic E-state index is 0.0973. The van der Waals surface area contributed by atoms with Crippen LogP contribution in [0.1, 0.15) is 49.9 Å². The van der Waals surface area contributed by atoms with Gasteiger partial charge in [0, 0.05) is 56.7 Å². The molecule has 0 unspecified atom stereocenters. The molecule has 248 valence electrons. The second kappa shape index (κ2) is 15.3. The number of amides is 1. The molecule has 9 nitrogen and oxygen atoms in total. The van der Waals surface area contributed by atoms with Gasteiger partial charge in [-0.3, -0.25) is 9.69 Å². The van der Waals surface area contributed by atoms with E-state index in [1.807, 2.05) is 13.1 Å². The van der Waals surface area contributed by atoms with Gasteiger partial charge in [0.2, 0.25) is 0 Å². The first-order valence-corrected chi connectivity index (χ1v) is 15.5. The second-order valence-corrected chi connectivity index (χ2v) is 12.4. The van der Waals surface area contributed by atoms with Crippen LogP contribution in [-0.4, -0.2) is 91.4 Å². The van der Waals surface area contributed by atoms with Crippen molar-refractivity contribution in [2.75, 3.05) is 56.9 Å². The molecular weight excluding hydrogens is 612 g/mol. The van der Waals surface area contributed by atoms with E-state index in [2.05, 4.69) is 35.8 Å². The molecule has 45 heavy (non-hydrogen) atoms. The lowest BCUT2D eigenvalue weighted by molar-refractivity contribution is -0.274. The first kappa shape index (κ1) is 34.5. The highest BCUT2D eigenvalue weighted by molar-refractivity contribution is 7.80. The van der Waals surface area contributed by atoms with E-state index >= 15 is 0 Å². The van der Waals surface area contributed by atoms with Gasteiger partial charge in [-0.15, -0.1) is 13.2 Å². The van der Waals surface area contributed by atoms with Crippen LogP contribution in [0.4, 0.5) is 28.9 Å². The molecule has 1 aliphatic carbocycles. The molecule has 2 fully saturated rings. The van der Waals surface area contributed by atoms with Gasteiger partial charge in [-0.25, -0.2) is 4.39 Å². The van der Waals surface area contributed by atoms with Crippen LogP contribution in [-0.2, 0) is 0 Å². The van der Waals surface area contributed by atoms with Crippen LogP contribution in [0.5, 0.6) is 11.5 Å². The number of hydrogen-bond donors (Lipinski definition) is 4. The van der Waals surface area contributed by atoms with Crippen LogP contribution in [0.15, 0.2) is 42.5 Å². The fraction of sp³-hybridized carbons (Fsp3) is 0.548. The summed E-state index contributed by atoms with van der Waals surface area (Å²) in [6.07, 6.45) is -2.27. The molecule has 0 spiro atoms. The van der Waals surface area contributed by atoms with Gasteiger partial charge >= 0.3 is 6.36 Å². The molecule has 2 aliphatic rings. The van der Waals surface area contributed by atoms with Crippen molar-refractivity contribution in [3.05, 3.63) is 48.0 Å². The maximum Gasteiger partial charge on any atom is 0.573 e. The minimum atomic E-state index is -4.94. The number of thiocarbonyl (C=S) groups is 1. The van der Waals surface area contributed by atoms with Gasteiger partial charge in [0.05, 0.1) is 11.7 Å². The molecule has 0 bridgehead atoms.